The topological polar surface area (TPSA) is 159 Å². The van der Waals surface area contributed by atoms with Crippen LogP contribution in [0.5, 0.6) is 0 Å². The number of alkyl halides is 3. The summed E-state index contributed by atoms with van der Waals surface area (Å²) in [5.41, 5.74) is 0.411. The van der Waals surface area contributed by atoms with Crippen LogP contribution in [0.3, 0.4) is 0 Å². The molecule has 3 aromatic carbocycles. The first-order valence-corrected chi connectivity index (χ1v) is 15.5. The highest BCUT2D eigenvalue weighted by Gasteiger charge is 2.31. The van der Waals surface area contributed by atoms with Gasteiger partial charge < -0.3 is 29.9 Å². The molecule has 1 saturated heterocycles. The molecule has 12 nitrogen and oxygen atoms in total. The van der Waals surface area contributed by atoms with Gasteiger partial charge in [0.05, 0.1) is 11.1 Å². The summed E-state index contributed by atoms with van der Waals surface area (Å²) in [6.45, 7) is 6.03. The van der Waals surface area contributed by atoms with E-state index in [4.69, 9.17) is 9.26 Å². The number of hydrogen-bond acceptors (Lipinski definition) is 8. The number of aliphatic carboxylic acids is 1. The fourth-order valence-corrected chi connectivity index (χ4v) is 5.23. The van der Waals surface area contributed by atoms with Crippen molar-refractivity contribution in [3.05, 3.63) is 83.7 Å². The summed E-state index contributed by atoms with van der Waals surface area (Å²) in [6, 6.07) is 12.6. The van der Waals surface area contributed by atoms with Gasteiger partial charge in [0.15, 0.2) is 0 Å². The molecule has 264 valence electrons. The zero-order valence-corrected chi connectivity index (χ0v) is 27.2. The zero-order valence-electron chi connectivity index (χ0n) is 27.2. The highest BCUT2D eigenvalue weighted by atomic mass is 19.4. The number of carbonyl (C=O) groups is 3. The first-order chi connectivity index (χ1) is 23.5. The Balaban J connectivity index is 1.15. The zero-order chi connectivity index (χ0) is 36.2. The van der Waals surface area contributed by atoms with Crippen LogP contribution in [-0.2, 0) is 22.1 Å². The molecule has 16 heteroatoms. The van der Waals surface area contributed by atoms with E-state index in [2.05, 4.69) is 26.1 Å². The Labute approximate surface area is 283 Å². The second-order valence-electron chi connectivity index (χ2n) is 12.6. The molecule has 50 heavy (non-hydrogen) atoms. The van der Waals surface area contributed by atoms with Gasteiger partial charge in [0.1, 0.15) is 17.5 Å². The van der Waals surface area contributed by atoms with Gasteiger partial charge in [-0.25, -0.2) is 18.8 Å². The summed E-state index contributed by atoms with van der Waals surface area (Å²) in [5.74, 6) is -2.03. The van der Waals surface area contributed by atoms with Crippen molar-refractivity contribution in [2.45, 2.75) is 57.5 Å². The Hall–Kier alpha value is -5.67. The van der Waals surface area contributed by atoms with E-state index in [-0.39, 0.29) is 35.3 Å². The van der Waals surface area contributed by atoms with E-state index in [1.54, 1.807) is 45.0 Å². The van der Waals surface area contributed by atoms with Crippen LogP contribution in [0.1, 0.15) is 38.3 Å². The van der Waals surface area contributed by atoms with Gasteiger partial charge in [-0.05, 0) is 93.4 Å². The number of carbonyl (C=O) groups excluding carboxylic acids is 2. The summed E-state index contributed by atoms with van der Waals surface area (Å²) in [6.07, 6.45) is -4.80. The van der Waals surface area contributed by atoms with Crippen LogP contribution in [0.15, 0.2) is 71.3 Å². The number of nitrogens with zero attached hydrogens (tertiary/aromatic N) is 3. The van der Waals surface area contributed by atoms with Crippen molar-refractivity contribution in [3.8, 4) is 22.8 Å². The van der Waals surface area contributed by atoms with E-state index >= 15 is 4.39 Å². The van der Waals surface area contributed by atoms with Crippen molar-refractivity contribution < 1.29 is 46.3 Å². The predicted molar refractivity (Wildman–Crippen MR) is 174 cm³/mol. The van der Waals surface area contributed by atoms with Crippen molar-refractivity contribution in [2.24, 2.45) is 0 Å². The molecule has 0 saturated carbocycles. The fraction of sp³-hybridized carbons (Fsp3) is 0.324. The SMILES string of the molecule is CC(C)(C)OC(=O)Nc1ccc(-c2nc(-c3ccc(CC(NC(=O)NC4CCN(c5ccc(C(F)(F)F)cc5)C4)C(=O)O)cc3F)no2)cc1. The smallest absolute Gasteiger partial charge is 0.416 e. The monoisotopic (exact) mass is 698 g/mol. The second-order valence-corrected chi connectivity index (χ2v) is 12.6. The standard InChI is InChI=1S/C34H34F4N6O6/c1-33(2,3)49-32(48)40-22-9-5-20(6-10-22)29-42-28(43-50-29)25-13-4-19(16-26(25)35)17-27(30(45)46)41-31(47)39-23-14-15-44(18-23)24-11-7-21(8-12-24)34(36,37)38/h4-13,16,23,27H,14-15,17-18H2,1-3H3,(H,40,48)(H,45,46)(H2,39,41,47). The number of benzene rings is 3. The maximum atomic E-state index is 15.2. The largest absolute Gasteiger partial charge is 0.480 e. The van der Waals surface area contributed by atoms with Crippen molar-refractivity contribution in [1.82, 2.24) is 20.8 Å². The molecule has 0 aliphatic carbocycles. The van der Waals surface area contributed by atoms with Crippen LogP contribution in [0.2, 0.25) is 0 Å². The normalized spacial score (nSPS) is 15.3. The molecule has 4 aromatic rings. The van der Waals surface area contributed by atoms with Crippen LogP contribution in [0.25, 0.3) is 22.8 Å². The van der Waals surface area contributed by atoms with E-state index in [0.717, 1.165) is 18.2 Å². The van der Waals surface area contributed by atoms with E-state index < -0.39 is 47.3 Å². The van der Waals surface area contributed by atoms with Crippen LogP contribution in [0, 0.1) is 5.82 Å². The molecule has 3 amide bonds. The Morgan fingerprint density at radius 1 is 1.04 bits per heavy atom. The highest BCUT2D eigenvalue weighted by Crippen LogP contribution is 2.31. The lowest BCUT2D eigenvalue weighted by atomic mass is 10.0. The minimum atomic E-state index is -4.45. The Bertz CT molecular complexity index is 1840. The van der Waals surface area contributed by atoms with E-state index in [1.165, 1.54) is 24.3 Å². The molecule has 1 aromatic heterocycles. The summed E-state index contributed by atoms with van der Waals surface area (Å²) in [4.78, 5) is 42.7. The minimum absolute atomic E-state index is 0.00312. The molecule has 1 aliphatic rings. The number of anilines is 2. The first kappa shape index (κ1) is 35.6. The number of halogens is 4. The number of carboxylic acid groups (broad SMARTS) is 1. The van der Waals surface area contributed by atoms with Crippen LogP contribution >= 0.6 is 0 Å². The Kier molecular flexibility index (Phi) is 10.3. The summed E-state index contributed by atoms with van der Waals surface area (Å²) < 4.78 is 64.4. The van der Waals surface area contributed by atoms with Gasteiger partial charge in [0, 0.05) is 42.5 Å². The van der Waals surface area contributed by atoms with E-state index in [1.807, 2.05) is 4.90 Å². The quantitative estimate of drug-likeness (QED) is 0.144. The molecule has 2 heterocycles. The molecule has 1 fully saturated rings. The summed E-state index contributed by atoms with van der Waals surface area (Å²) >= 11 is 0. The van der Waals surface area contributed by atoms with Gasteiger partial charge in [-0.2, -0.15) is 18.2 Å². The molecule has 5 rings (SSSR count). The van der Waals surface area contributed by atoms with Crippen LogP contribution in [-0.4, -0.2) is 64.1 Å². The molecule has 0 radical (unpaired) electrons. The fourth-order valence-electron chi connectivity index (χ4n) is 5.23. The number of aromatic nitrogens is 2. The van der Waals surface area contributed by atoms with E-state index in [0.29, 0.717) is 36.4 Å². The molecule has 0 spiro atoms. The van der Waals surface area contributed by atoms with Gasteiger partial charge in [-0.1, -0.05) is 11.2 Å². The van der Waals surface area contributed by atoms with Gasteiger partial charge in [0.25, 0.3) is 5.89 Å². The Morgan fingerprint density at radius 2 is 1.74 bits per heavy atom. The highest BCUT2D eigenvalue weighted by molar-refractivity contribution is 5.85. The molecule has 2 unspecified atom stereocenters. The third-order valence-electron chi connectivity index (χ3n) is 7.60. The second kappa shape index (κ2) is 14.4. The van der Waals surface area contributed by atoms with Crippen molar-refractivity contribution in [3.63, 3.8) is 0 Å². The average molecular weight is 699 g/mol. The molecule has 0 bridgehead atoms. The summed E-state index contributed by atoms with van der Waals surface area (Å²) in [7, 11) is 0. The number of rotatable bonds is 9. The lowest BCUT2D eigenvalue weighted by Crippen LogP contribution is -2.50. The van der Waals surface area contributed by atoms with Gasteiger partial charge in [-0.15, -0.1) is 0 Å². The third-order valence-corrected chi connectivity index (χ3v) is 7.60. The van der Waals surface area contributed by atoms with Gasteiger partial charge in [0.2, 0.25) is 5.82 Å². The molecule has 4 N–H and O–H groups in total. The number of ether oxygens (including phenoxy) is 1. The molecule has 1 aliphatic heterocycles. The summed E-state index contributed by atoms with van der Waals surface area (Å²) in [5, 5.41) is 21.3. The van der Waals surface area contributed by atoms with Crippen molar-refractivity contribution in [2.75, 3.05) is 23.3 Å². The minimum Gasteiger partial charge on any atom is -0.480 e. The van der Waals surface area contributed by atoms with E-state index in [9.17, 15) is 32.7 Å². The average Bonchev–Trinajstić information content (AvgIpc) is 3.70. The number of carboxylic acids is 1. The third kappa shape index (κ3) is 9.27. The number of urea groups is 1. The molecular formula is C34H34F4N6O6. The van der Waals surface area contributed by atoms with Crippen molar-refractivity contribution in [1.29, 1.82) is 0 Å². The Morgan fingerprint density at radius 3 is 2.36 bits per heavy atom. The van der Waals surface area contributed by atoms with Gasteiger partial charge >= 0.3 is 24.3 Å². The maximum absolute atomic E-state index is 15.2. The first-order valence-electron chi connectivity index (χ1n) is 15.5. The number of nitrogens with one attached hydrogen (secondary N) is 3. The number of hydrogen-bond donors (Lipinski definition) is 4. The maximum Gasteiger partial charge on any atom is 0.416 e. The molecular weight excluding hydrogens is 664 g/mol. The number of amides is 3. The van der Waals surface area contributed by atoms with Crippen LogP contribution in [0.4, 0.5) is 38.5 Å². The van der Waals surface area contributed by atoms with Gasteiger partial charge in [-0.3, -0.25) is 5.32 Å². The van der Waals surface area contributed by atoms with Crippen molar-refractivity contribution >= 4 is 29.5 Å². The predicted octanol–water partition coefficient (Wildman–Crippen LogP) is 6.48. The van der Waals surface area contributed by atoms with Crippen LogP contribution < -0.4 is 20.9 Å². The lowest BCUT2D eigenvalue weighted by molar-refractivity contribution is -0.139. The molecule has 2 atom stereocenters. The lowest BCUT2D eigenvalue weighted by Gasteiger charge is -2.21.